The Morgan fingerprint density at radius 1 is 1.40 bits per heavy atom. The second kappa shape index (κ2) is 4.13. The van der Waals surface area contributed by atoms with Crippen LogP contribution in [0, 0.1) is 12.8 Å². The van der Waals surface area contributed by atoms with Gasteiger partial charge in [-0.3, -0.25) is 0 Å². The van der Waals surface area contributed by atoms with Crippen LogP contribution in [0.2, 0.25) is 0 Å². The van der Waals surface area contributed by atoms with Gasteiger partial charge in [0.15, 0.2) is 0 Å². The lowest BCUT2D eigenvalue weighted by molar-refractivity contribution is 0.446. The van der Waals surface area contributed by atoms with Crippen LogP contribution in [-0.2, 0) is 0 Å². The number of hydrogen-bond donors (Lipinski definition) is 1. The van der Waals surface area contributed by atoms with E-state index in [1.807, 2.05) is 6.07 Å². The average Bonchev–Trinajstić information content (AvgIpc) is 2.22. The van der Waals surface area contributed by atoms with Gasteiger partial charge in [0.1, 0.15) is 0 Å². The summed E-state index contributed by atoms with van der Waals surface area (Å²) < 4.78 is 0. The molecule has 82 valence electrons. The highest BCUT2D eigenvalue weighted by atomic mass is 15.1. The van der Waals surface area contributed by atoms with Crippen molar-refractivity contribution >= 4 is 11.4 Å². The quantitative estimate of drug-likeness (QED) is 0.713. The number of nitrogens with zero attached hydrogens (tertiary/aromatic N) is 1. The maximum absolute atomic E-state index is 5.94. The van der Waals surface area contributed by atoms with Gasteiger partial charge in [-0.05, 0) is 43.4 Å². The number of nitrogens with two attached hydrogens (primary N) is 1. The number of rotatable bonds is 1. The second-order valence-corrected chi connectivity index (χ2v) is 4.68. The van der Waals surface area contributed by atoms with Crippen LogP contribution in [0.15, 0.2) is 18.2 Å². The number of nitrogen functional groups attached to an aromatic ring is 1. The van der Waals surface area contributed by atoms with E-state index in [4.69, 9.17) is 5.73 Å². The van der Waals surface area contributed by atoms with E-state index in [9.17, 15) is 0 Å². The van der Waals surface area contributed by atoms with Crippen LogP contribution in [-0.4, -0.2) is 13.1 Å². The molecule has 1 aliphatic rings. The fourth-order valence-corrected chi connectivity index (χ4v) is 2.39. The van der Waals surface area contributed by atoms with Crippen LogP contribution in [0.3, 0.4) is 0 Å². The van der Waals surface area contributed by atoms with Crippen molar-refractivity contribution in [2.75, 3.05) is 23.7 Å². The molecule has 2 nitrogen and oxygen atoms in total. The zero-order chi connectivity index (χ0) is 10.8. The molecule has 1 atom stereocenters. The number of anilines is 2. The summed E-state index contributed by atoms with van der Waals surface area (Å²) in [7, 11) is 0. The first-order valence-corrected chi connectivity index (χ1v) is 5.78. The topological polar surface area (TPSA) is 29.3 Å². The minimum absolute atomic E-state index is 0.805. The Balaban J connectivity index is 2.24. The smallest absolute Gasteiger partial charge is 0.0416 e. The van der Waals surface area contributed by atoms with E-state index in [0.717, 1.165) is 11.6 Å². The summed E-state index contributed by atoms with van der Waals surface area (Å²) >= 11 is 0. The lowest BCUT2D eigenvalue weighted by Crippen LogP contribution is -2.34. The van der Waals surface area contributed by atoms with E-state index in [1.54, 1.807) is 0 Å². The van der Waals surface area contributed by atoms with Gasteiger partial charge in [0.05, 0.1) is 0 Å². The van der Waals surface area contributed by atoms with Crippen LogP contribution in [0.4, 0.5) is 11.4 Å². The third-order valence-corrected chi connectivity index (χ3v) is 3.34. The van der Waals surface area contributed by atoms with Crippen molar-refractivity contribution in [3.8, 4) is 0 Å². The van der Waals surface area contributed by atoms with Gasteiger partial charge in [-0.2, -0.15) is 0 Å². The molecule has 1 unspecified atom stereocenters. The molecule has 1 aromatic rings. The first kappa shape index (κ1) is 10.3. The van der Waals surface area contributed by atoms with Crippen molar-refractivity contribution in [2.24, 2.45) is 5.92 Å². The monoisotopic (exact) mass is 204 g/mol. The predicted octanol–water partition coefficient (Wildman–Crippen LogP) is 2.81. The summed E-state index contributed by atoms with van der Waals surface area (Å²) in [6, 6.07) is 6.22. The number of benzene rings is 1. The van der Waals surface area contributed by atoms with E-state index in [1.165, 1.54) is 37.2 Å². The first-order valence-electron chi connectivity index (χ1n) is 5.78. The molecule has 15 heavy (non-hydrogen) atoms. The number of hydrogen-bond acceptors (Lipinski definition) is 2. The van der Waals surface area contributed by atoms with Gasteiger partial charge in [-0.1, -0.05) is 13.0 Å². The van der Waals surface area contributed by atoms with E-state index < -0.39 is 0 Å². The molecule has 0 saturated carbocycles. The van der Waals surface area contributed by atoms with Gasteiger partial charge in [0.2, 0.25) is 0 Å². The second-order valence-electron chi connectivity index (χ2n) is 4.68. The van der Waals surface area contributed by atoms with Crippen LogP contribution in [0.1, 0.15) is 25.3 Å². The number of piperidine rings is 1. The minimum Gasteiger partial charge on any atom is -0.398 e. The summed E-state index contributed by atoms with van der Waals surface area (Å²) in [6.45, 7) is 6.79. The molecule has 0 bridgehead atoms. The Kier molecular flexibility index (Phi) is 2.85. The molecule has 1 fully saturated rings. The normalized spacial score (nSPS) is 21.7. The summed E-state index contributed by atoms with van der Waals surface area (Å²) in [5, 5.41) is 0. The Hall–Kier alpha value is -1.18. The molecular weight excluding hydrogens is 184 g/mol. The molecule has 1 saturated heterocycles. The third kappa shape index (κ3) is 2.09. The van der Waals surface area contributed by atoms with Gasteiger partial charge in [0.25, 0.3) is 0 Å². The predicted molar refractivity (Wildman–Crippen MR) is 66.2 cm³/mol. The lowest BCUT2D eigenvalue weighted by Gasteiger charge is -2.34. The van der Waals surface area contributed by atoms with Crippen molar-refractivity contribution in [1.82, 2.24) is 0 Å². The molecule has 0 aromatic heterocycles. The molecular formula is C13H20N2. The van der Waals surface area contributed by atoms with E-state index in [0.29, 0.717) is 0 Å². The van der Waals surface area contributed by atoms with Crippen molar-refractivity contribution in [3.63, 3.8) is 0 Å². The summed E-state index contributed by atoms with van der Waals surface area (Å²) in [4.78, 5) is 2.47. The highest BCUT2D eigenvalue weighted by Gasteiger charge is 2.18. The van der Waals surface area contributed by atoms with Crippen LogP contribution in [0.5, 0.6) is 0 Å². The van der Waals surface area contributed by atoms with Crippen molar-refractivity contribution < 1.29 is 0 Å². The van der Waals surface area contributed by atoms with Gasteiger partial charge in [0, 0.05) is 24.5 Å². The SMILES string of the molecule is Cc1c(N)cccc1N1CCCC(C)C1. The largest absolute Gasteiger partial charge is 0.398 e. The summed E-state index contributed by atoms with van der Waals surface area (Å²) in [6.07, 6.45) is 2.66. The fourth-order valence-electron chi connectivity index (χ4n) is 2.39. The molecule has 0 radical (unpaired) electrons. The molecule has 0 spiro atoms. The zero-order valence-electron chi connectivity index (χ0n) is 9.66. The fraction of sp³-hybridized carbons (Fsp3) is 0.538. The van der Waals surface area contributed by atoms with Crippen molar-refractivity contribution in [3.05, 3.63) is 23.8 Å². The van der Waals surface area contributed by atoms with Crippen LogP contribution < -0.4 is 10.6 Å². The molecule has 1 aliphatic heterocycles. The van der Waals surface area contributed by atoms with E-state index in [2.05, 4.69) is 30.9 Å². The third-order valence-electron chi connectivity index (χ3n) is 3.34. The van der Waals surface area contributed by atoms with Crippen molar-refractivity contribution in [1.29, 1.82) is 0 Å². The maximum Gasteiger partial charge on any atom is 0.0416 e. The Bertz CT molecular complexity index is 346. The van der Waals surface area contributed by atoms with Crippen LogP contribution >= 0.6 is 0 Å². The van der Waals surface area contributed by atoms with E-state index >= 15 is 0 Å². The zero-order valence-corrected chi connectivity index (χ0v) is 9.66. The molecule has 2 rings (SSSR count). The Labute approximate surface area is 92.1 Å². The molecule has 0 amide bonds. The highest BCUT2D eigenvalue weighted by molar-refractivity contribution is 5.64. The molecule has 2 heteroatoms. The Morgan fingerprint density at radius 3 is 2.93 bits per heavy atom. The van der Waals surface area contributed by atoms with Gasteiger partial charge in [-0.15, -0.1) is 0 Å². The minimum atomic E-state index is 0.805. The first-order chi connectivity index (χ1) is 7.18. The molecule has 0 aliphatic carbocycles. The molecule has 1 heterocycles. The highest BCUT2D eigenvalue weighted by Crippen LogP contribution is 2.28. The van der Waals surface area contributed by atoms with E-state index in [-0.39, 0.29) is 0 Å². The van der Waals surface area contributed by atoms with Gasteiger partial charge in [-0.25, -0.2) is 0 Å². The standard InChI is InChI=1S/C13H20N2/c1-10-5-4-8-15(9-10)13-7-3-6-12(14)11(13)2/h3,6-7,10H,4-5,8-9,14H2,1-2H3. The maximum atomic E-state index is 5.94. The molecule has 2 N–H and O–H groups in total. The summed E-state index contributed by atoms with van der Waals surface area (Å²) in [5.74, 6) is 0.805. The molecule has 1 aromatic carbocycles. The summed E-state index contributed by atoms with van der Waals surface area (Å²) in [5.41, 5.74) is 9.39. The van der Waals surface area contributed by atoms with Gasteiger partial charge >= 0.3 is 0 Å². The Morgan fingerprint density at radius 2 is 2.20 bits per heavy atom. The van der Waals surface area contributed by atoms with Crippen molar-refractivity contribution in [2.45, 2.75) is 26.7 Å². The van der Waals surface area contributed by atoms with Crippen LogP contribution in [0.25, 0.3) is 0 Å². The average molecular weight is 204 g/mol. The lowest BCUT2D eigenvalue weighted by atomic mass is 9.99. The van der Waals surface area contributed by atoms with Gasteiger partial charge < -0.3 is 10.6 Å².